The molecule has 1 aromatic rings. The highest BCUT2D eigenvalue weighted by atomic mass is 35.5. The van der Waals surface area contributed by atoms with E-state index in [4.69, 9.17) is 33.7 Å². The Morgan fingerprint density at radius 3 is 2.84 bits per heavy atom. The van der Waals surface area contributed by atoms with Crippen molar-refractivity contribution >= 4 is 29.1 Å². The highest BCUT2D eigenvalue weighted by Crippen LogP contribution is 2.29. The topological polar surface area (TPSA) is 55.6 Å². The van der Waals surface area contributed by atoms with Crippen molar-refractivity contribution in [3.05, 3.63) is 33.8 Å². The molecule has 1 saturated heterocycles. The third-order valence-corrected chi connectivity index (χ3v) is 3.82. The van der Waals surface area contributed by atoms with Crippen LogP contribution in [0.1, 0.15) is 18.6 Å². The minimum absolute atomic E-state index is 0.0617. The standard InChI is InChI=1S/C13H16Cl2N2O2/c1-8(16)13(18)17-4-5-19-12(7-17)9-2-3-10(14)11(15)6-9/h2-3,6,8,12H,4-5,7,16H2,1H3/t8-,12?/m0/s1. The number of halogens is 2. The Hall–Kier alpha value is -0.810. The second kappa shape index (κ2) is 6.09. The van der Waals surface area contributed by atoms with E-state index in [-0.39, 0.29) is 12.0 Å². The molecule has 104 valence electrons. The molecule has 0 bridgehead atoms. The van der Waals surface area contributed by atoms with Gasteiger partial charge in [-0.05, 0) is 24.6 Å². The lowest BCUT2D eigenvalue weighted by Gasteiger charge is -2.34. The van der Waals surface area contributed by atoms with Crippen LogP contribution in [0.15, 0.2) is 18.2 Å². The monoisotopic (exact) mass is 302 g/mol. The van der Waals surface area contributed by atoms with Gasteiger partial charge in [0, 0.05) is 6.54 Å². The summed E-state index contributed by atoms with van der Waals surface area (Å²) in [6.07, 6.45) is -0.189. The van der Waals surface area contributed by atoms with Crippen molar-refractivity contribution in [1.82, 2.24) is 4.90 Å². The Labute approximate surface area is 122 Å². The number of nitrogens with zero attached hydrogens (tertiary/aromatic N) is 1. The number of nitrogens with two attached hydrogens (primary N) is 1. The summed E-state index contributed by atoms with van der Waals surface area (Å²) in [4.78, 5) is 13.6. The minimum atomic E-state index is -0.493. The molecule has 19 heavy (non-hydrogen) atoms. The SMILES string of the molecule is C[C@H](N)C(=O)N1CCOC(c2ccc(Cl)c(Cl)c2)C1. The van der Waals surface area contributed by atoms with Gasteiger partial charge in [0.05, 0.1) is 29.2 Å². The first-order valence-corrected chi connectivity index (χ1v) is 6.85. The number of ether oxygens (including phenoxy) is 1. The molecular formula is C13H16Cl2N2O2. The van der Waals surface area contributed by atoms with Crippen molar-refractivity contribution in [2.24, 2.45) is 5.73 Å². The largest absolute Gasteiger partial charge is 0.370 e. The van der Waals surface area contributed by atoms with E-state index in [0.29, 0.717) is 29.7 Å². The number of morpholine rings is 1. The highest BCUT2D eigenvalue weighted by Gasteiger charge is 2.27. The zero-order valence-electron chi connectivity index (χ0n) is 10.6. The summed E-state index contributed by atoms with van der Waals surface area (Å²) >= 11 is 11.9. The predicted octanol–water partition coefficient (Wildman–Crippen LogP) is 2.24. The van der Waals surface area contributed by atoms with Crippen molar-refractivity contribution in [3.63, 3.8) is 0 Å². The molecule has 1 amide bonds. The summed E-state index contributed by atoms with van der Waals surface area (Å²) in [7, 11) is 0. The molecule has 0 aliphatic carbocycles. The Bertz CT molecular complexity index is 480. The maximum atomic E-state index is 11.9. The van der Waals surface area contributed by atoms with Gasteiger partial charge in [-0.2, -0.15) is 0 Å². The van der Waals surface area contributed by atoms with Crippen LogP contribution in [0, 0.1) is 0 Å². The van der Waals surface area contributed by atoms with Gasteiger partial charge in [-0.1, -0.05) is 29.3 Å². The van der Waals surface area contributed by atoms with E-state index in [0.717, 1.165) is 5.56 Å². The smallest absolute Gasteiger partial charge is 0.239 e. The molecule has 2 atom stereocenters. The maximum Gasteiger partial charge on any atom is 0.239 e. The maximum absolute atomic E-state index is 11.9. The normalized spacial score (nSPS) is 21.3. The molecular weight excluding hydrogens is 287 g/mol. The highest BCUT2D eigenvalue weighted by molar-refractivity contribution is 6.42. The van der Waals surface area contributed by atoms with E-state index < -0.39 is 6.04 Å². The van der Waals surface area contributed by atoms with E-state index >= 15 is 0 Å². The van der Waals surface area contributed by atoms with Crippen molar-refractivity contribution in [2.45, 2.75) is 19.1 Å². The fourth-order valence-electron chi connectivity index (χ4n) is 2.05. The first-order chi connectivity index (χ1) is 8.99. The van der Waals surface area contributed by atoms with Crippen LogP contribution in [0.25, 0.3) is 0 Å². The Morgan fingerprint density at radius 1 is 1.47 bits per heavy atom. The molecule has 1 aliphatic rings. The Balaban J connectivity index is 2.12. The molecule has 1 aliphatic heterocycles. The van der Waals surface area contributed by atoms with E-state index in [9.17, 15) is 4.79 Å². The number of hydrogen-bond donors (Lipinski definition) is 1. The number of benzene rings is 1. The van der Waals surface area contributed by atoms with Crippen LogP contribution >= 0.6 is 23.2 Å². The quantitative estimate of drug-likeness (QED) is 0.911. The van der Waals surface area contributed by atoms with Crippen LogP contribution in [0.3, 0.4) is 0 Å². The van der Waals surface area contributed by atoms with Gasteiger partial charge in [-0.3, -0.25) is 4.79 Å². The van der Waals surface area contributed by atoms with Gasteiger partial charge in [-0.25, -0.2) is 0 Å². The summed E-state index contributed by atoms with van der Waals surface area (Å²) in [5, 5.41) is 0.989. The third kappa shape index (κ3) is 3.39. The first-order valence-electron chi connectivity index (χ1n) is 6.10. The van der Waals surface area contributed by atoms with Crippen LogP contribution in [-0.2, 0) is 9.53 Å². The van der Waals surface area contributed by atoms with Crippen LogP contribution in [0.5, 0.6) is 0 Å². The van der Waals surface area contributed by atoms with Crippen molar-refractivity contribution in [2.75, 3.05) is 19.7 Å². The van der Waals surface area contributed by atoms with Crippen LogP contribution < -0.4 is 5.73 Å². The lowest BCUT2D eigenvalue weighted by Crippen LogP contribution is -2.48. The van der Waals surface area contributed by atoms with Gasteiger partial charge in [-0.15, -0.1) is 0 Å². The third-order valence-electron chi connectivity index (χ3n) is 3.08. The second-order valence-electron chi connectivity index (χ2n) is 4.61. The second-order valence-corrected chi connectivity index (χ2v) is 5.42. The Kier molecular flexibility index (Phi) is 4.68. The molecule has 6 heteroatoms. The molecule has 2 N–H and O–H groups in total. The number of hydrogen-bond acceptors (Lipinski definition) is 3. The summed E-state index contributed by atoms with van der Waals surface area (Å²) in [6.45, 7) is 3.23. The molecule has 0 spiro atoms. The van der Waals surface area contributed by atoms with Gasteiger partial charge in [0.2, 0.25) is 5.91 Å². The van der Waals surface area contributed by atoms with Gasteiger partial charge < -0.3 is 15.4 Å². The predicted molar refractivity (Wildman–Crippen MR) is 75.4 cm³/mol. The fraction of sp³-hybridized carbons (Fsp3) is 0.462. The van der Waals surface area contributed by atoms with Crippen molar-refractivity contribution in [1.29, 1.82) is 0 Å². The summed E-state index contributed by atoms with van der Waals surface area (Å²) in [6, 6.07) is 4.87. The van der Waals surface area contributed by atoms with Gasteiger partial charge in [0.15, 0.2) is 0 Å². The van der Waals surface area contributed by atoms with E-state index in [2.05, 4.69) is 0 Å². The Morgan fingerprint density at radius 2 is 2.21 bits per heavy atom. The number of carbonyl (C=O) groups excluding carboxylic acids is 1. The molecule has 0 radical (unpaired) electrons. The molecule has 1 fully saturated rings. The van der Waals surface area contributed by atoms with Crippen molar-refractivity contribution in [3.8, 4) is 0 Å². The fourth-order valence-corrected chi connectivity index (χ4v) is 2.36. The van der Waals surface area contributed by atoms with Crippen LogP contribution in [-0.4, -0.2) is 36.5 Å². The van der Waals surface area contributed by atoms with Gasteiger partial charge in [0.1, 0.15) is 6.10 Å². The lowest BCUT2D eigenvalue weighted by molar-refractivity contribution is -0.140. The van der Waals surface area contributed by atoms with Gasteiger partial charge >= 0.3 is 0 Å². The zero-order chi connectivity index (χ0) is 14.0. The summed E-state index contributed by atoms with van der Waals surface area (Å²) in [5.74, 6) is -0.0617. The van der Waals surface area contributed by atoms with E-state index in [1.165, 1.54) is 0 Å². The van der Waals surface area contributed by atoms with Crippen LogP contribution in [0.4, 0.5) is 0 Å². The molecule has 2 rings (SSSR count). The van der Waals surface area contributed by atoms with E-state index in [1.807, 2.05) is 6.07 Å². The molecule has 4 nitrogen and oxygen atoms in total. The minimum Gasteiger partial charge on any atom is -0.370 e. The lowest BCUT2D eigenvalue weighted by atomic mass is 10.1. The average molecular weight is 303 g/mol. The molecule has 0 aromatic heterocycles. The van der Waals surface area contributed by atoms with Crippen LogP contribution in [0.2, 0.25) is 10.0 Å². The molecule has 1 aromatic carbocycles. The first kappa shape index (κ1) is 14.6. The summed E-state index contributed by atoms with van der Waals surface area (Å²) in [5.41, 5.74) is 6.54. The van der Waals surface area contributed by atoms with Gasteiger partial charge in [0.25, 0.3) is 0 Å². The zero-order valence-corrected chi connectivity index (χ0v) is 12.1. The molecule has 1 unspecified atom stereocenters. The van der Waals surface area contributed by atoms with E-state index in [1.54, 1.807) is 24.0 Å². The number of amides is 1. The van der Waals surface area contributed by atoms with Crippen molar-refractivity contribution < 1.29 is 9.53 Å². The number of rotatable bonds is 2. The average Bonchev–Trinajstić information content (AvgIpc) is 2.41. The molecule has 0 saturated carbocycles. The summed E-state index contributed by atoms with van der Waals surface area (Å²) < 4.78 is 5.68. The number of carbonyl (C=O) groups is 1. The molecule has 1 heterocycles.